The second-order valence-corrected chi connectivity index (χ2v) is 6.07. The summed E-state index contributed by atoms with van der Waals surface area (Å²) in [5.74, 6) is 0.356. The third kappa shape index (κ3) is 1.90. The zero-order valence-electron chi connectivity index (χ0n) is 11.8. The smallest absolute Gasteiger partial charge is 0.223 e. The van der Waals surface area contributed by atoms with Crippen molar-refractivity contribution in [2.24, 2.45) is 0 Å². The zero-order chi connectivity index (χ0) is 13.5. The molecule has 1 aromatic carbocycles. The molecule has 0 radical (unpaired) electrons. The van der Waals surface area contributed by atoms with Gasteiger partial charge in [0.2, 0.25) is 5.91 Å². The molecule has 1 aromatic rings. The minimum atomic E-state index is 0.356. The lowest BCUT2D eigenvalue weighted by molar-refractivity contribution is -0.129. The molecule has 3 heterocycles. The van der Waals surface area contributed by atoms with Crippen LogP contribution in [-0.2, 0) is 17.8 Å². The molecule has 4 heteroatoms. The first-order chi connectivity index (χ1) is 9.83. The van der Waals surface area contributed by atoms with E-state index in [2.05, 4.69) is 33.3 Å². The number of nitrogens with zero attached hydrogens (tertiary/aromatic N) is 2. The molecule has 0 spiro atoms. The lowest BCUT2D eigenvalue weighted by Crippen LogP contribution is -2.51. The van der Waals surface area contributed by atoms with Crippen molar-refractivity contribution >= 4 is 11.6 Å². The summed E-state index contributed by atoms with van der Waals surface area (Å²) in [7, 11) is 0. The number of rotatable bonds is 1. The molecule has 3 aliphatic heterocycles. The molecule has 106 valence electrons. The van der Waals surface area contributed by atoms with E-state index in [1.807, 2.05) is 0 Å². The maximum absolute atomic E-state index is 11.8. The van der Waals surface area contributed by atoms with Crippen LogP contribution in [0.3, 0.4) is 0 Å². The summed E-state index contributed by atoms with van der Waals surface area (Å²) in [6.07, 6.45) is 2.90. The Hall–Kier alpha value is -1.55. The highest BCUT2D eigenvalue weighted by Crippen LogP contribution is 2.31. The van der Waals surface area contributed by atoms with Crippen molar-refractivity contribution in [3.63, 3.8) is 0 Å². The predicted octanol–water partition coefficient (Wildman–Crippen LogP) is 1.14. The summed E-state index contributed by atoms with van der Waals surface area (Å²) in [6.45, 7) is 4.95. The summed E-state index contributed by atoms with van der Waals surface area (Å²) in [5.41, 5.74) is 4.37. The summed E-state index contributed by atoms with van der Waals surface area (Å²) in [6, 6.07) is 7.11. The molecular formula is C16H21N3O. The summed E-state index contributed by atoms with van der Waals surface area (Å²) in [4.78, 5) is 16.4. The van der Waals surface area contributed by atoms with E-state index in [-0.39, 0.29) is 0 Å². The van der Waals surface area contributed by atoms with Crippen LogP contribution in [0.1, 0.15) is 24.0 Å². The van der Waals surface area contributed by atoms with Gasteiger partial charge in [-0.25, -0.2) is 0 Å². The molecule has 2 fully saturated rings. The first-order valence-corrected chi connectivity index (χ1v) is 7.69. The number of hydrogen-bond acceptors (Lipinski definition) is 3. The van der Waals surface area contributed by atoms with Gasteiger partial charge in [0.1, 0.15) is 0 Å². The summed E-state index contributed by atoms with van der Waals surface area (Å²) < 4.78 is 0. The predicted molar refractivity (Wildman–Crippen MR) is 78.8 cm³/mol. The fourth-order valence-corrected chi connectivity index (χ4v) is 3.89. The Kier molecular flexibility index (Phi) is 2.91. The third-order valence-electron chi connectivity index (χ3n) is 4.95. The molecule has 1 N–H and O–H groups in total. The minimum Gasteiger partial charge on any atom is -0.367 e. The fraction of sp³-hybridized carbons (Fsp3) is 0.562. The van der Waals surface area contributed by atoms with Crippen LogP contribution in [0.15, 0.2) is 18.2 Å². The number of fused-ring (bicyclic) bond motifs is 2. The Balaban J connectivity index is 1.61. The zero-order valence-corrected chi connectivity index (χ0v) is 11.8. The van der Waals surface area contributed by atoms with Gasteiger partial charge in [0, 0.05) is 44.3 Å². The molecule has 0 saturated carbocycles. The van der Waals surface area contributed by atoms with Gasteiger partial charge in [0.15, 0.2) is 0 Å². The van der Waals surface area contributed by atoms with Gasteiger partial charge in [0.25, 0.3) is 0 Å². The highest BCUT2D eigenvalue weighted by atomic mass is 16.2. The molecule has 3 aliphatic rings. The highest BCUT2D eigenvalue weighted by Gasteiger charge is 2.36. The Morgan fingerprint density at radius 1 is 1.20 bits per heavy atom. The van der Waals surface area contributed by atoms with Crippen LogP contribution < -0.4 is 10.2 Å². The van der Waals surface area contributed by atoms with Gasteiger partial charge in [-0.2, -0.15) is 0 Å². The Labute approximate surface area is 119 Å². The first kappa shape index (κ1) is 12.2. The van der Waals surface area contributed by atoms with Crippen LogP contribution in [0.25, 0.3) is 0 Å². The monoisotopic (exact) mass is 271 g/mol. The SMILES string of the molecule is O=C1CCC2CN(c3cccc4c3CCNC4)CCN12. The highest BCUT2D eigenvalue weighted by molar-refractivity contribution is 5.79. The second-order valence-electron chi connectivity index (χ2n) is 6.07. The number of nitrogens with one attached hydrogen (secondary N) is 1. The third-order valence-corrected chi connectivity index (χ3v) is 4.95. The average Bonchev–Trinajstić information content (AvgIpc) is 2.87. The van der Waals surface area contributed by atoms with Crippen molar-refractivity contribution in [3.05, 3.63) is 29.3 Å². The van der Waals surface area contributed by atoms with Crippen molar-refractivity contribution in [2.75, 3.05) is 31.1 Å². The lowest BCUT2D eigenvalue weighted by atomic mass is 9.97. The van der Waals surface area contributed by atoms with Crippen LogP contribution in [0.4, 0.5) is 5.69 Å². The van der Waals surface area contributed by atoms with E-state index in [1.54, 1.807) is 0 Å². The number of carbonyl (C=O) groups excluding carboxylic acids is 1. The van der Waals surface area contributed by atoms with Crippen LogP contribution in [0.2, 0.25) is 0 Å². The van der Waals surface area contributed by atoms with Gasteiger partial charge < -0.3 is 15.1 Å². The maximum Gasteiger partial charge on any atom is 0.223 e. The molecule has 4 rings (SSSR count). The Morgan fingerprint density at radius 2 is 2.15 bits per heavy atom. The van der Waals surface area contributed by atoms with E-state index in [0.717, 1.165) is 52.0 Å². The van der Waals surface area contributed by atoms with Crippen LogP contribution >= 0.6 is 0 Å². The van der Waals surface area contributed by atoms with Crippen molar-refractivity contribution in [1.29, 1.82) is 0 Å². The number of piperazine rings is 1. The normalized spacial score (nSPS) is 25.6. The molecule has 1 atom stereocenters. The standard InChI is InChI=1S/C16H21N3O/c20-16-5-4-13-11-18(8-9-19(13)16)15-3-1-2-12-10-17-7-6-14(12)15/h1-3,13,17H,4-11H2. The molecule has 0 aromatic heterocycles. The molecule has 1 amide bonds. The minimum absolute atomic E-state index is 0.356. The van der Waals surface area contributed by atoms with E-state index in [0.29, 0.717) is 11.9 Å². The van der Waals surface area contributed by atoms with E-state index in [4.69, 9.17) is 0 Å². The van der Waals surface area contributed by atoms with E-state index in [9.17, 15) is 4.79 Å². The van der Waals surface area contributed by atoms with Crippen molar-refractivity contribution < 1.29 is 4.79 Å². The Morgan fingerprint density at radius 3 is 3.10 bits per heavy atom. The summed E-state index contributed by atoms with van der Waals surface area (Å²) in [5, 5.41) is 3.44. The van der Waals surface area contributed by atoms with Crippen LogP contribution in [-0.4, -0.2) is 43.0 Å². The average molecular weight is 271 g/mol. The largest absolute Gasteiger partial charge is 0.367 e. The van der Waals surface area contributed by atoms with Crippen LogP contribution in [0, 0.1) is 0 Å². The number of amides is 1. The molecule has 1 unspecified atom stereocenters. The topological polar surface area (TPSA) is 35.6 Å². The Bertz CT molecular complexity index is 543. The van der Waals surface area contributed by atoms with Gasteiger partial charge >= 0.3 is 0 Å². The van der Waals surface area contributed by atoms with Crippen molar-refractivity contribution in [1.82, 2.24) is 10.2 Å². The summed E-state index contributed by atoms with van der Waals surface area (Å²) >= 11 is 0. The fourth-order valence-electron chi connectivity index (χ4n) is 3.89. The van der Waals surface area contributed by atoms with E-state index < -0.39 is 0 Å². The van der Waals surface area contributed by atoms with Gasteiger partial charge in [-0.15, -0.1) is 0 Å². The lowest BCUT2D eigenvalue weighted by Gasteiger charge is -2.40. The molecular weight excluding hydrogens is 250 g/mol. The first-order valence-electron chi connectivity index (χ1n) is 7.69. The second kappa shape index (κ2) is 4.77. The molecule has 0 aliphatic carbocycles. The van der Waals surface area contributed by atoms with Gasteiger partial charge in [0.05, 0.1) is 0 Å². The van der Waals surface area contributed by atoms with Gasteiger partial charge in [-0.3, -0.25) is 4.79 Å². The number of carbonyl (C=O) groups is 1. The molecule has 4 nitrogen and oxygen atoms in total. The number of hydrogen-bond donors (Lipinski definition) is 1. The van der Waals surface area contributed by atoms with Crippen LogP contribution in [0.5, 0.6) is 0 Å². The van der Waals surface area contributed by atoms with Crippen molar-refractivity contribution in [3.8, 4) is 0 Å². The van der Waals surface area contributed by atoms with Gasteiger partial charge in [-0.05, 0) is 36.6 Å². The van der Waals surface area contributed by atoms with E-state index >= 15 is 0 Å². The maximum atomic E-state index is 11.8. The molecule has 0 bridgehead atoms. The molecule has 20 heavy (non-hydrogen) atoms. The quantitative estimate of drug-likeness (QED) is 0.832. The number of benzene rings is 1. The number of anilines is 1. The van der Waals surface area contributed by atoms with E-state index in [1.165, 1.54) is 16.8 Å². The van der Waals surface area contributed by atoms with Gasteiger partial charge in [-0.1, -0.05) is 12.1 Å². The molecule has 2 saturated heterocycles. The van der Waals surface area contributed by atoms with Crippen molar-refractivity contribution in [2.45, 2.75) is 31.8 Å².